The molecule has 0 bridgehead atoms. The van der Waals surface area contributed by atoms with Gasteiger partial charge in [-0.15, -0.1) is 27.8 Å². The number of hydrogen-bond acceptors (Lipinski definition) is 11. The van der Waals surface area contributed by atoms with Crippen LogP contribution in [0.5, 0.6) is 0 Å². The zero-order chi connectivity index (χ0) is 29.8. The molecule has 4 atom stereocenters. The maximum absolute atomic E-state index is 6.81. The monoisotopic (exact) mass is 648 g/mol. The second-order valence-electron chi connectivity index (χ2n) is 10.7. The van der Waals surface area contributed by atoms with Crippen LogP contribution in [0.2, 0.25) is 0 Å². The normalized spacial score (nSPS) is 24.5. The quantitative estimate of drug-likeness (QED) is 0.185. The summed E-state index contributed by atoms with van der Waals surface area (Å²) in [6.07, 6.45) is 12.9. The van der Waals surface area contributed by atoms with Crippen LogP contribution in [0.25, 0.3) is 11.0 Å². The second-order valence-corrected chi connectivity index (χ2v) is 13.2. The van der Waals surface area contributed by atoms with Gasteiger partial charge in [0.15, 0.2) is 5.54 Å². The van der Waals surface area contributed by atoms with Gasteiger partial charge in [0.2, 0.25) is 11.8 Å². The van der Waals surface area contributed by atoms with Gasteiger partial charge in [-0.05, 0) is 59.4 Å². The van der Waals surface area contributed by atoms with Crippen LogP contribution in [0.15, 0.2) is 135 Å². The Balaban J connectivity index is 1.52. The molecular formula is C33H24N6O3S3. The number of thiazole rings is 1. The minimum Gasteiger partial charge on any atom is -0.493 e. The van der Waals surface area contributed by atoms with E-state index >= 15 is 0 Å². The number of anilines is 2. The molecule has 12 heteroatoms. The largest absolute Gasteiger partial charge is 0.493 e. The van der Waals surface area contributed by atoms with E-state index in [1.54, 1.807) is 35.2 Å². The molecule has 0 saturated carbocycles. The Morgan fingerprint density at radius 1 is 0.956 bits per heavy atom. The SMILES string of the molecule is C1=COC(C2(c3csnn3)C(c3cccs3)N(c3ccco3)N(c3cc4ccccc4o3)C2(c2ccc[nH]2)c2cncs2)C=C1. The molecule has 6 aromatic heterocycles. The topological polar surface area (TPSA) is 96.5 Å². The first kappa shape index (κ1) is 26.5. The second kappa shape index (κ2) is 10.3. The van der Waals surface area contributed by atoms with Gasteiger partial charge < -0.3 is 18.6 Å². The number of hydrogen-bond donors (Lipinski definition) is 1. The van der Waals surface area contributed by atoms with Crippen molar-refractivity contribution in [2.75, 3.05) is 10.0 Å². The zero-order valence-electron chi connectivity index (χ0n) is 23.5. The third-order valence-electron chi connectivity index (χ3n) is 8.68. The number of allylic oxidation sites excluding steroid dienone is 2. The minimum absolute atomic E-state index is 0.424. The smallest absolute Gasteiger partial charge is 0.216 e. The number of rotatable bonds is 7. The van der Waals surface area contributed by atoms with E-state index in [4.69, 9.17) is 18.7 Å². The van der Waals surface area contributed by atoms with E-state index in [2.05, 4.69) is 66.3 Å². The lowest BCUT2D eigenvalue weighted by molar-refractivity contribution is 0.0555. The highest BCUT2D eigenvalue weighted by molar-refractivity contribution is 7.10. The lowest BCUT2D eigenvalue weighted by Crippen LogP contribution is -2.61. The number of furan rings is 2. The van der Waals surface area contributed by atoms with Gasteiger partial charge in [0, 0.05) is 45.9 Å². The third kappa shape index (κ3) is 3.61. The third-order valence-corrected chi connectivity index (χ3v) is 11.0. The summed E-state index contributed by atoms with van der Waals surface area (Å²) in [6, 6.07) is 22.0. The van der Waals surface area contributed by atoms with Crippen LogP contribution in [0.4, 0.5) is 11.8 Å². The van der Waals surface area contributed by atoms with Crippen molar-refractivity contribution in [1.29, 1.82) is 0 Å². The van der Waals surface area contributed by atoms with Crippen molar-refractivity contribution in [3.05, 3.63) is 147 Å². The van der Waals surface area contributed by atoms with Crippen LogP contribution in [-0.4, -0.2) is 25.7 Å². The first-order chi connectivity index (χ1) is 22.3. The first-order valence-electron chi connectivity index (χ1n) is 14.3. The molecule has 9 nitrogen and oxygen atoms in total. The fraction of sp³-hybridized carbons (Fsp3) is 0.121. The molecule has 45 heavy (non-hydrogen) atoms. The molecule has 1 fully saturated rings. The molecule has 1 N–H and O–H groups in total. The Labute approximate surface area is 269 Å². The van der Waals surface area contributed by atoms with Crippen molar-refractivity contribution in [3.8, 4) is 0 Å². The van der Waals surface area contributed by atoms with Crippen LogP contribution in [-0.2, 0) is 15.7 Å². The standard InChI is InChI=1S/C33H24N6O3S3/c1-2-9-23-22(8-1)18-30(42-23)39-33(25-11-5-14-35-25,28-19-34-21-44-28)32(26-20-45-37-36-26,27-12-3-4-15-40-27)31(24-10-7-17-43-24)38(39)29-13-6-16-41-29/h1-21,27,31,35H. The van der Waals surface area contributed by atoms with Gasteiger partial charge in [0.05, 0.1) is 28.6 Å². The highest BCUT2D eigenvalue weighted by Gasteiger charge is 2.77. The molecule has 0 amide bonds. The summed E-state index contributed by atoms with van der Waals surface area (Å²) in [5.74, 6) is 1.26. The zero-order valence-corrected chi connectivity index (χ0v) is 25.9. The van der Waals surface area contributed by atoms with Crippen molar-refractivity contribution in [2.45, 2.75) is 23.1 Å². The van der Waals surface area contributed by atoms with Crippen LogP contribution < -0.4 is 10.0 Å². The molecule has 222 valence electrons. The number of thiophene rings is 1. The van der Waals surface area contributed by atoms with Crippen molar-refractivity contribution < 1.29 is 13.6 Å². The number of fused-ring (bicyclic) bond motifs is 1. The lowest BCUT2D eigenvalue weighted by Gasteiger charge is -2.49. The van der Waals surface area contributed by atoms with E-state index in [-0.39, 0.29) is 0 Å². The molecule has 0 aliphatic carbocycles. The summed E-state index contributed by atoms with van der Waals surface area (Å²) < 4.78 is 24.3. The summed E-state index contributed by atoms with van der Waals surface area (Å²) in [7, 11) is 0. The summed E-state index contributed by atoms with van der Waals surface area (Å²) in [6.45, 7) is 0. The van der Waals surface area contributed by atoms with Crippen molar-refractivity contribution in [1.82, 2.24) is 19.6 Å². The number of aromatic amines is 1. The molecule has 1 aromatic carbocycles. The maximum Gasteiger partial charge on any atom is 0.216 e. The van der Waals surface area contributed by atoms with Crippen molar-refractivity contribution in [3.63, 3.8) is 0 Å². The fourth-order valence-corrected chi connectivity index (χ4v) is 9.46. The average Bonchev–Trinajstić information content (AvgIpc) is 3.93. The van der Waals surface area contributed by atoms with Gasteiger partial charge in [-0.2, -0.15) is 0 Å². The highest BCUT2D eigenvalue weighted by Crippen LogP contribution is 2.68. The average molecular weight is 649 g/mol. The molecule has 0 spiro atoms. The molecule has 4 unspecified atom stereocenters. The van der Waals surface area contributed by atoms with E-state index in [1.807, 2.05) is 71.8 Å². The van der Waals surface area contributed by atoms with Gasteiger partial charge in [0.1, 0.15) is 23.1 Å². The van der Waals surface area contributed by atoms with Crippen LogP contribution >= 0.6 is 34.2 Å². The number of nitrogens with zero attached hydrogens (tertiary/aromatic N) is 5. The maximum atomic E-state index is 6.81. The van der Waals surface area contributed by atoms with Gasteiger partial charge >= 0.3 is 0 Å². The van der Waals surface area contributed by atoms with Crippen molar-refractivity contribution >= 4 is 56.9 Å². The number of aromatic nitrogens is 4. The lowest BCUT2D eigenvalue weighted by atomic mass is 9.58. The predicted octanol–water partition coefficient (Wildman–Crippen LogP) is 8.06. The summed E-state index contributed by atoms with van der Waals surface area (Å²) in [5.41, 5.74) is 2.23. The molecule has 0 radical (unpaired) electrons. The molecule has 2 aliphatic rings. The van der Waals surface area contributed by atoms with Crippen molar-refractivity contribution in [2.24, 2.45) is 0 Å². The van der Waals surface area contributed by atoms with Crippen LogP contribution in [0.3, 0.4) is 0 Å². The van der Waals surface area contributed by atoms with Gasteiger partial charge in [-0.1, -0.05) is 34.8 Å². The Morgan fingerprint density at radius 3 is 2.64 bits per heavy atom. The summed E-state index contributed by atoms with van der Waals surface area (Å²) >= 11 is 4.57. The number of hydrazine groups is 1. The van der Waals surface area contributed by atoms with E-state index in [0.29, 0.717) is 11.8 Å². The number of para-hydroxylation sites is 1. The molecule has 2 aliphatic heterocycles. The predicted molar refractivity (Wildman–Crippen MR) is 175 cm³/mol. The van der Waals surface area contributed by atoms with Gasteiger partial charge in [0.25, 0.3) is 0 Å². The fourth-order valence-electron chi connectivity index (χ4n) is 7.15. The molecule has 7 aromatic rings. The van der Waals surface area contributed by atoms with Gasteiger partial charge in [-0.25, -0.2) is 10.0 Å². The van der Waals surface area contributed by atoms with Crippen LogP contribution in [0.1, 0.15) is 27.2 Å². The number of H-pyrrole nitrogens is 1. The van der Waals surface area contributed by atoms with Crippen LogP contribution in [0, 0.1) is 0 Å². The van der Waals surface area contributed by atoms with Gasteiger partial charge in [-0.3, -0.25) is 4.98 Å². The molecular weight excluding hydrogens is 625 g/mol. The first-order valence-corrected chi connectivity index (χ1v) is 16.9. The Bertz CT molecular complexity index is 2020. The molecule has 8 heterocycles. The number of nitrogens with one attached hydrogen (secondary N) is 1. The van der Waals surface area contributed by atoms with E-state index in [1.165, 1.54) is 11.5 Å². The summed E-state index contributed by atoms with van der Waals surface area (Å²) in [4.78, 5) is 10.3. The number of ether oxygens (including phenoxy) is 1. The summed E-state index contributed by atoms with van der Waals surface area (Å²) in [5, 5.41) is 14.5. The van der Waals surface area contributed by atoms with E-state index < -0.39 is 23.1 Å². The van der Waals surface area contributed by atoms with E-state index in [0.717, 1.165) is 32.1 Å². The highest BCUT2D eigenvalue weighted by atomic mass is 32.1. The minimum atomic E-state index is -1.08. The Kier molecular flexibility index (Phi) is 6.08. The van der Waals surface area contributed by atoms with E-state index in [9.17, 15) is 0 Å². The number of benzene rings is 1. The molecule has 1 saturated heterocycles. The molecule has 9 rings (SSSR count). The Morgan fingerprint density at radius 2 is 1.93 bits per heavy atom. The Hall–Kier alpha value is -4.91.